The van der Waals surface area contributed by atoms with E-state index in [1.54, 1.807) is 12.4 Å². The van der Waals surface area contributed by atoms with Crippen LogP contribution in [-0.4, -0.2) is 16.0 Å². The standard InChI is InChI=1S/C13H15N3/c1-11(2)16(12-5-3-7-14-9-12)13-6-4-8-15-10-13/h3-11H,1-2H3. The van der Waals surface area contributed by atoms with E-state index in [1.807, 2.05) is 24.5 Å². The van der Waals surface area contributed by atoms with Crippen molar-refractivity contribution in [3.8, 4) is 0 Å². The SMILES string of the molecule is CC(C)N(c1cccnc1)c1cccnc1. The molecule has 0 N–H and O–H groups in total. The molecule has 0 fully saturated rings. The second-order valence-electron chi connectivity index (χ2n) is 3.89. The van der Waals surface area contributed by atoms with Crippen molar-refractivity contribution in [3.05, 3.63) is 49.1 Å². The summed E-state index contributed by atoms with van der Waals surface area (Å²) in [5.74, 6) is 0. The highest BCUT2D eigenvalue weighted by Gasteiger charge is 2.12. The summed E-state index contributed by atoms with van der Waals surface area (Å²) in [4.78, 5) is 10.5. The van der Waals surface area contributed by atoms with E-state index in [9.17, 15) is 0 Å². The van der Waals surface area contributed by atoms with Gasteiger partial charge in [-0.2, -0.15) is 0 Å². The fraction of sp³-hybridized carbons (Fsp3) is 0.231. The van der Waals surface area contributed by atoms with Crippen LogP contribution in [0.4, 0.5) is 11.4 Å². The molecule has 0 radical (unpaired) electrons. The lowest BCUT2D eigenvalue weighted by atomic mass is 10.2. The molecule has 0 aliphatic heterocycles. The molecule has 82 valence electrons. The first-order valence-corrected chi connectivity index (χ1v) is 5.38. The van der Waals surface area contributed by atoms with Crippen molar-refractivity contribution in [2.24, 2.45) is 0 Å². The summed E-state index contributed by atoms with van der Waals surface area (Å²) in [5, 5.41) is 0. The number of pyridine rings is 2. The third kappa shape index (κ3) is 2.19. The smallest absolute Gasteiger partial charge is 0.0600 e. The molecule has 0 spiro atoms. The average molecular weight is 213 g/mol. The van der Waals surface area contributed by atoms with Gasteiger partial charge < -0.3 is 4.90 Å². The van der Waals surface area contributed by atoms with Crippen molar-refractivity contribution in [1.29, 1.82) is 0 Å². The fourth-order valence-corrected chi connectivity index (χ4v) is 1.74. The van der Waals surface area contributed by atoms with Crippen LogP contribution >= 0.6 is 0 Å². The second-order valence-corrected chi connectivity index (χ2v) is 3.89. The Morgan fingerprint density at radius 1 is 0.938 bits per heavy atom. The third-order valence-corrected chi connectivity index (χ3v) is 2.36. The largest absolute Gasteiger partial charge is 0.336 e. The quantitative estimate of drug-likeness (QED) is 0.784. The molecular formula is C13H15N3. The molecule has 0 aromatic carbocycles. The van der Waals surface area contributed by atoms with E-state index in [-0.39, 0.29) is 0 Å². The maximum Gasteiger partial charge on any atom is 0.0600 e. The lowest BCUT2D eigenvalue weighted by molar-refractivity contribution is 0.785. The van der Waals surface area contributed by atoms with Crippen LogP contribution in [0, 0.1) is 0 Å². The van der Waals surface area contributed by atoms with E-state index in [0.29, 0.717) is 6.04 Å². The molecule has 0 aliphatic carbocycles. The zero-order chi connectivity index (χ0) is 11.4. The van der Waals surface area contributed by atoms with E-state index >= 15 is 0 Å². The van der Waals surface area contributed by atoms with Crippen molar-refractivity contribution in [2.45, 2.75) is 19.9 Å². The predicted octanol–water partition coefficient (Wildman–Crippen LogP) is 3.02. The topological polar surface area (TPSA) is 29.0 Å². The Morgan fingerprint density at radius 3 is 1.75 bits per heavy atom. The number of hydrogen-bond acceptors (Lipinski definition) is 3. The molecule has 2 aromatic rings. The molecular weight excluding hydrogens is 198 g/mol. The number of aromatic nitrogens is 2. The Bertz CT molecular complexity index is 386. The van der Waals surface area contributed by atoms with Crippen molar-refractivity contribution in [3.63, 3.8) is 0 Å². The van der Waals surface area contributed by atoms with Crippen LogP contribution in [0.2, 0.25) is 0 Å². The zero-order valence-electron chi connectivity index (χ0n) is 9.54. The molecule has 0 saturated heterocycles. The van der Waals surface area contributed by atoms with E-state index in [2.05, 4.69) is 40.8 Å². The summed E-state index contributed by atoms with van der Waals surface area (Å²) < 4.78 is 0. The van der Waals surface area contributed by atoms with Crippen molar-refractivity contribution in [2.75, 3.05) is 4.90 Å². The third-order valence-electron chi connectivity index (χ3n) is 2.36. The van der Waals surface area contributed by atoms with Gasteiger partial charge in [-0.05, 0) is 38.1 Å². The maximum atomic E-state index is 4.15. The minimum Gasteiger partial charge on any atom is -0.336 e. The lowest BCUT2D eigenvalue weighted by Crippen LogP contribution is -2.25. The van der Waals surface area contributed by atoms with Gasteiger partial charge in [-0.25, -0.2) is 0 Å². The highest BCUT2D eigenvalue weighted by atomic mass is 15.2. The average Bonchev–Trinajstić information content (AvgIpc) is 2.31. The minimum atomic E-state index is 0.369. The van der Waals surface area contributed by atoms with Crippen LogP contribution in [0.3, 0.4) is 0 Å². The van der Waals surface area contributed by atoms with E-state index in [4.69, 9.17) is 0 Å². The van der Waals surface area contributed by atoms with E-state index < -0.39 is 0 Å². The summed E-state index contributed by atoms with van der Waals surface area (Å²) in [6.45, 7) is 4.31. The Kier molecular flexibility index (Phi) is 3.15. The Morgan fingerprint density at radius 2 is 1.44 bits per heavy atom. The van der Waals surface area contributed by atoms with Crippen LogP contribution in [0.5, 0.6) is 0 Å². The highest BCUT2D eigenvalue weighted by Crippen LogP contribution is 2.25. The van der Waals surface area contributed by atoms with E-state index in [0.717, 1.165) is 11.4 Å². The molecule has 2 aromatic heterocycles. The normalized spacial score (nSPS) is 10.4. The number of anilines is 2. The fourth-order valence-electron chi connectivity index (χ4n) is 1.74. The molecule has 0 unspecified atom stereocenters. The van der Waals surface area contributed by atoms with Gasteiger partial charge in [-0.3, -0.25) is 9.97 Å². The predicted molar refractivity (Wildman–Crippen MR) is 65.7 cm³/mol. The minimum absolute atomic E-state index is 0.369. The Labute approximate surface area is 95.8 Å². The summed E-state index contributed by atoms with van der Waals surface area (Å²) in [6, 6.07) is 8.37. The first-order valence-electron chi connectivity index (χ1n) is 5.38. The molecule has 0 aliphatic rings. The molecule has 16 heavy (non-hydrogen) atoms. The Hall–Kier alpha value is -1.90. The summed E-state index contributed by atoms with van der Waals surface area (Å²) in [7, 11) is 0. The summed E-state index contributed by atoms with van der Waals surface area (Å²) in [6.07, 6.45) is 7.30. The van der Waals surface area contributed by atoms with Gasteiger partial charge in [0.05, 0.1) is 23.8 Å². The number of hydrogen-bond donors (Lipinski definition) is 0. The molecule has 2 heterocycles. The lowest BCUT2D eigenvalue weighted by Gasteiger charge is -2.28. The van der Waals surface area contributed by atoms with Crippen LogP contribution in [0.1, 0.15) is 13.8 Å². The molecule has 3 heteroatoms. The summed E-state index contributed by atoms with van der Waals surface area (Å²) >= 11 is 0. The van der Waals surface area contributed by atoms with Crippen LogP contribution in [-0.2, 0) is 0 Å². The molecule has 0 saturated carbocycles. The molecule has 3 nitrogen and oxygen atoms in total. The van der Waals surface area contributed by atoms with Crippen LogP contribution in [0.15, 0.2) is 49.1 Å². The second kappa shape index (κ2) is 4.75. The van der Waals surface area contributed by atoms with Gasteiger partial charge in [0.2, 0.25) is 0 Å². The molecule has 0 amide bonds. The van der Waals surface area contributed by atoms with Crippen molar-refractivity contribution < 1.29 is 0 Å². The monoisotopic (exact) mass is 213 g/mol. The van der Waals surface area contributed by atoms with Gasteiger partial charge in [0.25, 0.3) is 0 Å². The molecule has 0 atom stereocenters. The maximum absolute atomic E-state index is 4.15. The Balaban J connectivity index is 2.40. The molecule has 2 rings (SSSR count). The van der Waals surface area contributed by atoms with Crippen molar-refractivity contribution >= 4 is 11.4 Å². The van der Waals surface area contributed by atoms with Crippen LogP contribution in [0.25, 0.3) is 0 Å². The zero-order valence-corrected chi connectivity index (χ0v) is 9.54. The van der Waals surface area contributed by atoms with Gasteiger partial charge in [0.1, 0.15) is 0 Å². The van der Waals surface area contributed by atoms with Gasteiger partial charge in [-0.1, -0.05) is 0 Å². The number of rotatable bonds is 3. The highest BCUT2D eigenvalue weighted by molar-refractivity contribution is 5.61. The van der Waals surface area contributed by atoms with Crippen LogP contribution < -0.4 is 4.90 Å². The first-order chi connectivity index (χ1) is 7.79. The van der Waals surface area contributed by atoms with Gasteiger partial charge >= 0.3 is 0 Å². The van der Waals surface area contributed by atoms with Crippen molar-refractivity contribution in [1.82, 2.24) is 9.97 Å². The van der Waals surface area contributed by atoms with E-state index in [1.165, 1.54) is 0 Å². The van der Waals surface area contributed by atoms with Gasteiger partial charge in [-0.15, -0.1) is 0 Å². The van der Waals surface area contributed by atoms with Gasteiger partial charge in [0, 0.05) is 18.4 Å². The van der Waals surface area contributed by atoms with Gasteiger partial charge in [0.15, 0.2) is 0 Å². The summed E-state index contributed by atoms with van der Waals surface area (Å²) in [5.41, 5.74) is 2.18. The number of nitrogens with zero attached hydrogens (tertiary/aromatic N) is 3. The first kappa shape index (κ1) is 10.6. The molecule has 0 bridgehead atoms.